The summed E-state index contributed by atoms with van der Waals surface area (Å²) in [6, 6.07) is 18.7. The van der Waals surface area contributed by atoms with Crippen molar-refractivity contribution < 1.29 is 9.53 Å². The van der Waals surface area contributed by atoms with Gasteiger partial charge in [-0.2, -0.15) is 0 Å². The number of hydrazine groups is 1. The number of hydrogen-bond donors (Lipinski definition) is 1. The molecule has 0 atom stereocenters. The highest BCUT2D eigenvalue weighted by Gasteiger charge is 2.02. The molecular weight excluding hydrogens is 324 g/mol. The molecule has 0 amide bonds. The van der Waals surface area contributed by atoms with Gasteiger partial charge in [0.15, 0.2) is 0 Å². The predicted octanol–water partition coefficient (Wildman–Crippen LogP) is 4.00. The van der Waals surface area contributed by atoms with Crippen molar-refractivity contribution in [1.29, 1.82) is 0 Å². The fourth-order valence-electron chi connectivity index (χ4n) is 2.85. The maximum Gasteiger partial charge on any atom is 0.305 e. The van der Waals surface area contributed by atoms with E-state index >= 15 is 0 Å². The normalized spacial score (nSPS) is 11.3. The van der Waals surface area contributed by atoms with Crippen molar-refractivity contribution in [2.75, 3.05) is 7.11 Å². The molecule has 2 N–H and O–H groups in total. The molecule has 2 aromatic rings. The number of rotatable bonds is 9. The van der Waals surface area contributed by atoms with E-state index in [0.717, 1.165) is 19.3 Å². The van der Waals surface area contributed by atoms with Gasteiger partial charge in [-0.1, -0.05) is 60.2 Å². The van der Waals surface area contributed by atoms with Crippen LogP contribution < -0.4 is 5.84 Å². The quantitative estimate of drug-likeness (QED) is 0.421. The molecule has 26 heavy (non-hydrogen) atoms. The van der Waals surface area contributed by atoms with Crippen molar-refractivity contribution in [1.82, 2.24) is 5.01 Å². The lowest BCUT2D eigenvalue weighted by Gasteiger charge is -2.15. The van der Waals surface area contributed by atoms with Gasteiger partial charge in [-0.05, 0) is 42.9 Å². The van der Waals surface area contributed by atoms with Crippen LogP contribution in [0.2, 0.25) is 0 Å². The number of ether oxygens (including phenoxy) is 1. The molecule has 4 nitrogen and oxygen atoms in total. The van der Waals surface area contributed by atoms with Gasteiger partial charge in [-0.25, -0.2) is 5.84 Å². The van der Waals surface area contributed by atoms with Crippen LogP contribution in [0.4, 0.5) is 0 Å². The van der Waals surface area contributed by atoms with E-state index in [-0.39, 0.29) is 5.97 Å². The first-order valence-corrected chi connectivity index (χ1v) is 8.94. The SMILES string of the molecule is COC(=O)CCCc1ccc(C/C(C)=C/N(N)Cc2ccccc2)cc1. The first-order valence-electron chi connectivity index (χ1n) is 8.94. The zero-order valence-electron chi connectivity index (χ0n) is 15.7. The Morgan fingerprint density at radius 2 is 1.69 bits per heavy atom. The lowest BCUT2D eigenvalue weighted by atomic mass is 10.0. The van der Waals surface area contributed by atoms with Crippen LogP contribution in [0.3, 0.4) is 0 Å². The number of hydrogen-bond acceptors (Lipinski definition) is 4. The minimum absolute atomic E-state index is 0.149. The molecule has 2 rings (SSSR count). The zero-order chi connectivity index (χ0) is 18.8. The molecule has 2 aromatic carbocycles. The topological polar surface area (TPSA) is 55.6 Å². The number of allylic oxidation sites excluding steroid dienone is 1. The van der Waals surface area contributed by atoms with Crippen molar-refractivity contribution in [2.45, 2.75) is 39.2 Å². The minimum atomic E-state index is -0.149. The molecule has 0 spiro atoms. The Hall–Kier alpha value is -2.59. The van der Waals surface area contributed by atoms with Gasteiger partial charge in [0.25, 0.3) is 0 Å². The van der Waals surface area contributed by atoms with E-state index in [0.29, 0.717) is 13.0 Å². The number of methoxy groups -OCH3 is 1. The molecule has 0 aliphatic rings. The molecule has 0 radical (unpaired) electrons. The molecule has 138 valence electrons. The Bertz CT molecular complexity index is 709. The van der Waals surface area contributed by atoms with Crippen LogP contribution in [-0.2, 0) is 28.9 Å². The fourth-order valence-corrected chi connectivity index (χ4v) is 2.85. The fraction of sp³-hybridized carbons (Fsp3) is 0.318. The summed E-state index contributed by atoms with van der Waals surface area (Å²) in [6.45, 7) is 2.78. The average Bonchev–Trinajstić information content (AvgIpc) is 2.63. The Morgan fingerprint density at radius 3 is 2.35 bits per heavy atom. The number of carbonyl (C=O) groups is 1. The molecule has 0 fully saturated rings. The molecule has 0 saturated heterocycles. The molecule has 0 aliphatic heterocycles. The van der Waals surface area contributed by atoms with Gasteiger partial charge in [0.1, 0.15) is 0 Å². The molecule has 0 saturated carbocycles. The maximum atomic E-state index is 11.1. The summed E-state index contributed by atoms with van der Waals surface area (Å²) in [5.41, 5.74) is 4.89. The monoisotopic (exact) mass is 352 g/mol. The highest BCUT2D eigenvalue weighted by atomic mass is 16.5. The standard InChI is InChI=1S/C22H28N2O2/c1-18(16-24(23)17-21-7-4-3-5-8-21)15-20-13-11-19(12-14-20)9-6-10-22(25)26-2/h3-5,7-8,11-14,16H,6,9-10,15,17,23H2,1-2H3/b18-16+. The van der Waals surface area contributed by atoms with Crippen molar-refractivity contribution in [3.05, 3.63) is 83.1 Å². The summed E-state index contributed by atoms with van der Waals surface area (Å²) in [5.74, 6) is 5.95. The van der Waals surface area contributed by atoms with Crippen molar-refractivity contribution in [3.8, 4) is 0 Å². The average molecular weight is 352 g/mol. The Kier molecular flexibility index (Phi) is 7.90. The van der Waals surface area contributed by atoms with E-state index in [1.165, 1.54) is 29.4 Å². The number of esters is 1. The Balaban J connectivity index is 1.82. The zero-order valence-corrected chi connectivity index (χ0v) is 15.7. The summed E-state index contributed by atoms with van der Waals surface area (Å²) < 4.78 is 4.66. The highest BCUT2D eigenvalue weighted by Crippen LogP contribution is 2.13. The lowest BCUT2D eigenvalue weighted by molar-refractivity contribution is -0.140. The van der Waals surface area contributed by atoms with Crippen LogP contribution in [0, 0.1) is 0 Å². The number of aryl methyl sites for hydroxylation is 1. The first kappa shape index (κ1) is 19.7. The molecule has 0 bridgehead atoms. The van der Waals surface area contributed by atoms with Crippen molar-refractivity contribution in [2.24, 2.45) is 5.84 Å². The Morgan fingerprint density at radius 1 is 1.04 bits per heavy atom. The summed E-state index contributed by atoms with van der Waals surface area (Å²) >= 11 is 0. The number of carbonyl (C=O) groups excluding carboxylic acids is 1. The molecule has 0 aliphatic carbocycles. The lowest BCUT2D eigenvalue weighted by Crippen LogP contribution is -2.24. The van der Waals surface area contributed by atoms with Crippen LogP contribution in [0.1, 0.15) is 36.5 Å². The third kappa shape index (κ3) is 7.11. The maximum absolute atomic E-state index is 11.1. The number of benzene rings is 2. The van der Waals surface area contributed by atoms with Gasteiger partial charge in [-0.3, -0.25) is 4.79 Å². The van der Waals surface area contributed by atoms with E-state index in [4.69, 9.17) is 5.84 Å². The first-order chi connectivity index (χ1) is 12.6. The Labute approximate surface area is 156 Å². The molecule has 0 aromatic heterocycles. The van der Waals surface area contributed by atoms with Crippen molar-refractivity contribution in [3.63, 3.8) is 0 Å². The third-order valence-corrected chi connectivity index (χ3v) is 4.17. The van der Waals surface area contributed by atoms with Crippen LogP contribution in [0.25, 0.3) is 0 Å². The molecule has 4 heteroatoms. The summed E-state index contributed by atoms with van der Waals surface area (Å²) in [6.07, 6.45) is 5.03. The van der Waals surface area contributed by atoms with E-state index in [9.17, 15) is 4.79 Å². The van der Waals surface area contributed by atoms with Crippen LogP contribution in [0.5, 0.6) is 0 Å². The summed E-state index contributed by atoms with van der Waals surface area (Å²) in [4.78, 5) is 11.1. The van der Waals surface area contributed by atoms with E-state index < -0.39 is 0 Å². The van der Waals surface area contributed by atoms with Gasteiger partial charge in [0.05, 0.1) is 13.7 Å². The van der Waals surface area contributed by atoms with Crippen molar-refractivity contribution >= 4 is 5.97 Å². The number of nitrogens with two attached hydrogens (primary N) is 1. The van der Waals surface area contributed by atoms with Gasteiger partial charge in [-0.15, -0.1) is 0 Å². The summed E-state index contributed by atoms with van der Waals surface area (Å²) in [5, 5.41) is 1.73. The molecule has 0 unspecified atom stereocenters. The smallest absolute Gasteiger partial charge is 0.305 e. The van der Waals surface area contributed by atoms with E-state index in [2.05, 4.69) is 48.1 Å². The summed E-state index contributed by atoms with van der Waals surface area (Å²) in [7, 11) is 1.43. The molecule has 0 heterocycles. The second-order valence-electron chi connectivity index (χ2n) is 6.56. The number of nitrogens with zero attached hydrogens (tertiary/aromatic N) is 1. The van der Waals surface area contributed by atoms with Gasteiger partial charge < -0.3 is 9.75 Å². The van der Waals surface area contributed by atoms with E-state index in [1.54, 1.807) is 5.01 Å². The molecular formula is C22H28N2O2. The predicted molar refractivity (Wildman–Crippen MR) is 105 cm³/mol. The second kappa shape index (κ2) is 10.4. The van der Waals surface area contributed by atoms with E-state index in [1.807, 2.05) is 24.4 Å². The van der Waals surface area contributed by atoms with Gasteiger partial charge in [0, 0.05) is 12.6 Å². The van der Waals surface area contributed by atoms with Crippen LogP contribution in [0.15, 0.2) is 66.4 Å². The third-order valence-electron chi connectivity index (χ3n) is 4.17. The van der Waals surface area contributed by atoms with Crippen LogP contribution in [-0.4, -0.2) is 18.1 Å². The van der Waals surface area contributed by atoms with Gasteiger partial charge in [0.2, 0.25) is 0 Å². The largest absolute Gasteiger partial charge is 0.469 e. The second-order valence-corrected chi connectivity index (χ2v) is 6.56. The highest BCUT2D eigenvalue weighted by molar-refractivity contribution is 5.69. The minimum Gasteiger partial charge on any atom is -0.469 e. The van der Waals surface area contributed by atoms with Gasteiger partial charge >= 0.3 is 5.97 Å². The van der Waals surface area contributed by atoms with Crippen LogP contribution >= 0.6 is 0 Å².